The Hall–Kier alpha value is -0.0800. The zero-order chi connectivity index (χ0) is 10.7. The van der Waals surface area contributed by atoms with Gasteiger partial charge in [-0.3, -0.25) is 0 Å². The van der Waals surface area contributed by atoms with Gasteiger partial charge in [0.25, 0.3) is 0 Å². The van der Waals surface area contributed by atoms with Crippen LogP contribution in [0.15, 0.2) is 0 Å². The van der Waals surface area contributed by atoms with Crippen LogP contribution in [-0.4, -0.2) is 19.1 Å². The predicted octanol–water partition coefficient (Wildman–Crippen LogP) is 2.28. The van der Waals surface area contributed by atoms with Crippen molar-refractivity contribution in [2.75, 3.05) is 13.1 Å². The summed E-state index contributed by atoms with van der Waals surface area (Å²) in [7, 11) is 0. The lowest BCUT2D eigenvalue weighted by atomic mass is 9.72. The molecule has 0 saturated heterocycles. The van der Waals surface area contributed by atoms with E-state index in [1.165, 1.54) is 51.5 Å². The molecule has 0 spiro atoms. The third kappa shape index (κ3) is 2.94. The molecule has 2 fully saturated rings. The van der Waals surface area contributed by atoms with Crippen LogP contribution in [0, 0.1) is 11.3 Å². The molecule has 2 atom stereocenters. The Bertz CT molecular complexity index is 197. The Morgan fingerprint density at radius 3 is 2.47 bits per heavy atom. The number of nitrogens with one attached hydrogen (secondary N) is 1. The van der Waals surface area contributed by atoms with Crippen LogP contribution in [-0.2, 0) is 0 Å². The molecule has 2 rings (SSSR count). The number of rotatable bonds is 5. The lowest BCUT2D eigenvalue weighted by Crippen LogP contribution is -2.36. The maximum absolute atomic E-state index is 5.97. The zero-order valence-corrected chi connectivity index (χ0v) is 10.1. The van der Waals surface area contributed by atoms with E-state index in [2.05, 4.69) is 12.2 Å². The van der Waals surface area contributed by atoms with Gasteiger partial charge in [-0.15, -0.1) is 0 Å². The molecule has 2 unspecified atom stereocenters. The van der Waals surface area contributed by atoms with Gasteiger partial charge in [0.15, 0.2) is 0 Å². The van der Waals surface area contributed by atoms with Crippen LogP contribution < -0.4 is 11.1 Å². The second-order valence-electron chi connectivity index (χ2n) is 5.79. The fourth-order valence-corrected chi connectivity index (χ4v) is 2.99. The molecule has 88 valence electrons. The Labute approximate surface area is 94.0 Å². The minimum absolute atomic E-state index is 0.489. The summed E-state index contributed by atoms with van der Waals surface area (Å²) in [6.07, 6.45) is 9.64. The molecule has 2 saturated carbocycles. The maximum atomic E-state index is 5.97. The third-order valence-electron chi connectivity index (χ3n) is 4.52. The number of hydrogen-bond acceptors (Lipinski definition) is 2. The summed E-state index contributed by atoms with van der Waals surface area (Å²) in [4.78, 5) is 0. The molecule has 2 heteroatoms. The molecule has 0 bridgehead atoms. The summed E-state index contributed by atoms with van der Waals surface area (Å²) in [5, 5.41) is 3.66. The zero-order valence-electron chi connectivity index (χ0n) is 10.1. The highest BCUT2D eigenvalue weighted by Gasteiger charge is 2.34. The van der Waals surface area contributed by atoms with Crippen molar-refractivity contribution >= 4 is 0 Å². The maximum Gasteiger partial charge on any atom is 0.00963 e. The van der Waals surface area contributed by atoms with Crippen LogP contribution in [0.4, 0.5) is 0 Å². The molecule has 0 amide bonds. The average molecular weight is 210 g/mol. The molecule has 0 radical (unpaired) electrons. The van der Waals surface area contributed by atoms with E-state index in [0.717, 1.165) is 18.5 Å². The Balaban J connectivity index is 1.69. The highest BCUT2D eigenvalue weighted by atomic mass is 15.0. The lowest BCUT2D eigenvalue weighted by Gasteiger charge is -2.36. The standard InChI is InChI=1S/C13H26N2/c1-11-9-12(11)15-8-7-13(10-14)5-3-2-4-6-13/h11-12,15H,2-10,14H2,1H3. The van der Waals surface area contributed by atoms with Crippen molar-refractivity contribution in [1.82, 2.24) is 5.32 Å². The molecule has 0 aromatic heterocycles. The second-order valence-corrected chi connectivity index (χ2v) is 5.79. The minimum atomic E-state index is 0.489. The Kier molecular flexibility index (Phi) is 3.68. The first-order valence-electron chi connectivity index (χ1n) is 6.69. The van der Waals surface area contributed by atoms with Gasteiger partial charge in [-0.05, 0) is 50.1 Å². The van der Waals surface area contributed by atoms with Crippen molar-refractivity contribution in [3.05, 3.63) is 0 Å². The van der Waals surface area contributed by atoms with Gasteiger partial charge in [0, 0.05) is 6.04 Å². The van der Waals surface area contributed by atoms with Crippen molar-refractivity contribution in [1.29, 1.82) is 0 Å². The molecule has 2 nitrogen and oxygen atoms in total. The van der Waals surface area contributed by atoms with E-state index in [1.54, 1.807) is 0 Å². The SMILES string of the molecule is CC1CC1NCCC1(CN)CCCCC1. The summed E-state index contributed by atoms with van der Waals surface area (Å²) in [6.45, 7) is 4.41. The first kappa shape index (κ1) is 11.4. The smallest absolute Gasteiger partial charge is 0.00963 e. The van der Waals surface area contributed by atoms with Crippen LogP contribution in [0.25, 0.3) is 0 Å². The van der Waals surface area contributed by atoms with Gasteiger partial charge in [0.2, 0.25) is 0 Å². The Morgan fingerprint density at radius 1 is 1.27 bits per heavy atom. The molecule has 0 heterocycles. The summed E-state index contributed by atoms with van der Waals surface area (Å²) < 4.78 is 0. The highest BCUT2D eigenvalue weighted by molar-refractivity contribution is 4.91. The average Bonchev–Trinajstić information content (AvgIpc) is 2.96. The monoisotopic (exact) mass is 210 g/mol. The minimum Gasteiger partial charge on any atom is -0.330 e. The molecule has 2 aliphatic carbocycles. The van der Waals surface area contributed by atoms with Crippen LogP contribution >= 0.6 is 0 Å². The van der Waals surface area contributed by atoms with E-state index in [1.807, 2.05) is 0 Å². The van der Waals surface area contributed by atoms with Crippen molar-refractivity contribution in [2.45, 2.75) is 57.9 Å². The van der Waals surface area contributed by atoms with Crippen molar-refractivity contribution in [3.63, 3.8) is 0 Å². The lowest BCUT2D eigenvalue weighted by molar-refractivity contribution is 0.181. The van der Waals surface area contributed by atoms with Gasteiger partial charge in [-0.1, -0.05) is 26.2 Å². The first-order valence-corrected chi connectivity index (χ1v) is 6.69. The molecule has 2 aliphatic rings. The van der Waals surface area contributed by atoms with Crippen LogP contribution in [0.3, 0.4) is 0 Å². The van der Waals surface area contributed by atoms with E-state index in [9.17, 15) is 0 Å². The van der Waals surface area contributed by atoms with Crippen LogP contribution in [0.2, 0.25) is 0 Å². The van der Waals surface area contributed by atoms with E-state index in [0.29, 0.717) is 5.41 Å². The van der Waals surface area contributed by atoms with Gasteiger partial charge in [0.1, 0.15) is 0 Å². The fraction of sp³-hybridized carbons (Fsp3) is 1.00. The molecular formula is C13H26N2. The highest BCUT2D eigenvalue weighted by Crippen LogP contribution is 2.38. The van der Waals surface area contributed by atoms with Gasteiger partial charge in [0.05, 0.1) is 0 Å². The summed E-state index contributed by atoms with van der Waals surface area (Å²) in [5.41, 5.74) is 6.46. The summed E-state index contributed by atoms with van der Waals surface area (Å²) in [5.74, 6) is 0.921. The fourth-order valence-electron chi connectivity index (χ4n) is 2.99. The summed E-state index contributed by atoms with van der Waals surface area (Å²) in [6, 6.07) is 0.823. The molecular weight excluding hydrogens is 184 g/mol. The molecule has 3 N–H and O–H groups in total. The van der Waals surface area contributed by atoms with Gasteiger partial charge < -0.3 is 11.1 Å². The molecule has 15 heavy (non-hydrogen) atoms. The molecule has 0 aliphatic heterocycles. The van der Waals surface area contributed by atoms with E-state index in [-0.39, 0.29) is 0 Å². The summed E-state index contributed by atoms with van der Waals surface area (Å²) >= 11 is 0. The predicted molar refractivity (Wildman–Crippen MR) is 64.8 cm³/mol. The number of nitrogens with two attached hydrogens (primary N) is 1. The van der Waals surface area contributed by atoms with Crippen molar-refractivity contribution in [3.8, 4) is 0 Å². The normalized spacial score (nSPS) is 34.0. The van der Waals surface area contributed by atoms with Crippen molar-refractivity contribution < 1.29 is 0 Å². The molecule has 0 aromatic carbocycles. The van der Waals surface area contributed by atoms with Crippen molar-refractivity contribution in [2.24, 2.45) is 17.1 Å². The van der Waals surface area contributed by atoms with E-state index < -0.39 is 0 Å². The van der Waals surface area contributed by atoms with E-state index >= 15 is 0 Å². The topological polar surface area (TPSA) is 38.0 Å². The number of hydrogen-bond donors (Lipinski definition) is 2. The largest absolute Gasteiger partial charge is 0.330 e. The van der Waals surface area contributed by atoms with E-state index in [4.69, 9.17) is 5.73 Å². The third-order valence-corrected chi connectivity index (χ3v) is 4.52. The van der Waals surface area contributed by atoms with Gasteiger partial charge in [-0.2, -0.15) is 0 Å². The molecule has 0 aromatic rings. The van der Waals surface area contributed by atoms with Gasteiger partial charge >= 0.3 is 0 Å². The van der Waals surface area contributed by atoms with Crippen LogP contribution in [0.5, 0.6) is 0 Å². The quantitative estimate of drug-likeness (QED) is 0.730. The first-order chi connectivity index (χ1) is 7.26. The second kappa shape index (κ2) is 4.84. The van der Waals surface area contributed by atoms with Gasteiger partial charge in [-0.25, -0.2) is 0 Å². The van der Waals surface area contributed by atoms with Crippen LogP contribution in [0.1, 0.15) is 51.9 Å². The Morgan fingerprint density at radius 2 is 1.93 bits per heavy atom.